The molecular weight excluding hydrogens is 332 g/mol. The maximum Gasteiger partial charge on any atom is 0.163 e. The first-order chi connectivity index (χ1) is 10.3. The largest absolute Gasteiger partial charge is 0.486 e. The fraction of sp³-hybridized carbons (Fsp3) is 0.375. The summed E-state index contributed by atoms with van der Waals surface area (Å²) in [7, 11) is 0. The quantitative estimate of drug-likeness (QED) is 0.883. The fourth-order valence-electron chi connectivity index (χ4n) is 2.45. The van der Waals surface area contributed by atoms with Crippen LogP contribution in [0.2, 0.25) is 0 Å². The molecule has 0 saturated heterocycles. The molecular formula is C16H19BrN2O2. The van der Waals surface area contributed by atoms with Gasteiger partial charge in [-0.2, -0.15) is 0 Å². The number of ether oxygens (including phenoxy) is 2. The zero-order chi connectivity index (χ0) is 14.7. The molecule has 3 rings (SSSR count). The van der Waals surface area contributed by atoms with Gasteiger partial charge in [0.15, 0.2) is 11.5 Å². The van der Waals surface area contributed by atoms with Crippen LogP contribution < -0.4 is 14.8 Å². The van der Waals surface area contributed by atoms with Crippen molar-refractivity contribution >= 4 is 21.6 Å². The van der Waals surface area contributed by atoms with Crippen molar-refractivity contribution in [3.05, 3.63) is 40.6 Å². The minimum atomic E-state index is 0.605. The summed E-state index contributed by atoms with van der Waals surface area (Å²) in [4.78, 5) is 0. The van der Waals surface area contributed by atoms with Crippen LogP contribution in [0.3, 0.4) is 0 Å². The molecule has 0 aliphatic carbocycles. The van der Waals surface area contributed by atoms with Gasteiger partial charge in [0, 0.05) is 35.0 Å². The van der Waals surface area contributed by atoms with Crippen molar-refractivity contribution in [1.29, 1.82) is 0 Å². The standard InChI is InChI=1S/C16H19BrN2O2/c1-2-5-19-6-3-4-12(19)11-18-14-10-16-15(9-13(14)17)20-7-8-21-16/h3-4,6,9-10,18H,2,5,7-8,11H2,1H3. The second kappa shape index (κ2) is 6.43. The summed E-state index contributed by atoms with van der Waals surface area (Å²) in [6.45, 7) is 5.23. The van der Waals surface area contributed by atoms with E-state index in [-0.39, 0.29) is 0 Å². The van der Waals surface area contributed by atoms with Gasteiger partial charge in [0.25, 0.3) is 0 Å². The Morgan fingerprint density at radius 3 is 2.76 bits per heavy atom. The maximum atomic E-state index is 5.63. The van der Waals surface area contributed by atoms with E-state index in [1.807, 2.05) is 12.1 Å². The summed E-state index contributed by atoms with van der Waals surface area (Å²) in [6, 6.07) is 8.19. The van der Waals surface area contributed by atoms with Crippen molar-refractivity contribution in [1.82, 2.24) is 4.57 Å². The van der Waals surface area contributed by atoms with E-state index in [4.69, 9.17) is 9.47 Å². The summed E-state index contributed by atoms with van der Waals surface area (Å²) in [5.41, 5.74) is 2.29. The number of benzene rings is 1. The number of nitrogens with zero attached hydrogens (tertiary/aromatic N) is 1. The van der Waals surface area contributed by atoms with Crippen LogP contribution in [0.1, 0.15) is 19.0 Å². The second-order valence-electron chi connectivity index (χ2n) is 5.02. The first-order valence-electron chi connectivity index (χ1n) is 7.25. The van der Waals surface area contributed by atoms with Crippen molar-refractivity contribution in [2.45, 2.75) is 26.4 Å². The summed E-state index contributed by atoms with van der Waals surface area (Å²) < 4.78 is 14.5. The molecule has 21 heavy (non-hydrogen) atoms. The van der Waals surface area contributed by atoms with Crippen LogP contribution in [0.4, 0.5) is 5.69 Å². The fourth-order valence-corrected chi connectivity index (χ4v) is 2.92. The summed E-state index contributed by atoms with van der Waals surface area (Å²) >= 11 is 3.58. The van der Waals surface area contributed by atoms with Crippen LogP contribution in [-0.2, 0) is 13.1 Å². The Kier molecular flexibility index (Phi) is 4.39. The van der Waals surface area contributed by atoms with Crippen LogP contribution in [0.5, 0.6) is 11.5 Å². The Morgan fingerprint density at radius 1 is 1.24 bits per heavy atom. The molecule has 0 atom stereocenters. The molecule has 0 spiro atoms. The molecule has 0 fully saturated rings. The van der Waals surface area contributed by atoms with Gasteiger partial charge in [-0.05, 0) is 34.5 Å². The van der Waals surface area contributed by atoms with Crippen LogP contribution >= 0.6 is 15.9 Å². The molecule has 5 heteroatoms. The number of fused-ring (bicyclic) bond motifs is 1. The predicted octanol–water partition coefficient (Wildman–Crippen LogP) is 4.04. The Hall–Kier alpha value is -1.62. The van der Waals surface area contributed by atoms with Gasteiger partial charge < -0.3 is 19.4 Å². The Morgan fingerprint density at radius 2 is 2.00 bits per heavy atom. The first kappa shape index (κ1) is 14.3. The third-order valence-corrected chi connectivity index (χ3v) is 4.14. The lowest BCUT2D eigenvalue weighted by Crippen LogP contribution is -2.15. The molecule has 4 nitrogen and oxygen atoms in total. The van der Waals surface area contributed by atoms with Gasteiger partial charge in [-0.1, -0.05) is 6.92 Å². The number of hydrogen-bond acceptors (Lipinski definition) is 3. The van der Waals surface area contributed by atoms with Crippen molar-refractivity contribution in [3.63, 3.8) is 0 Å². The van der Waals surface area contributed by atoms with Crippen molar-refractivity contribution in [2.75, 3.05) is 18.5 Å². The highest BCUT2D eigenvalue weighted by atomic mass is 79.9. The molecule has 0 bridgehead atoms. The molecule has 0 radical (unpaired) electrons. The highest BCUT2D eigenvalue weighted by molar-refractivity contribution is 9.10. The smallest absolute Gasteiger partial charge is 0.163 e. The monoisotopic (exact) mass is 350 g/mol. The summed E-state index contributed by atoms with van der Waals surface area (Å²) in [6.07, 6.45) is 3.26. The van der Waals surface area contributed by atoms with Crippen molar-refractivity contribution in [3.8, 4) is 11.5 Å². The topological polar surface area (TPSA) is 35.4 Å². The van der Waals surface area contributed by atoms with E-state index >= 15 is 0 Å². The molecule has 0 amide bonds. The minimum absolute atomic E-state index is 0.605. The van der Waals surface area contributed by atoms with Crippen LogP contribution in [0.15, 0.2) is 34.9 Å². The van der Waals surface area contributed by atoms with Crippen LogP contribution in [0.25, 0.3) is 0 Å². The summed E-state index contributed by atoms with van der Waals surface area (Å²) in [5, 5.41) is 3.46. The molecule has 1 aliphatic rings. The van der Waals surface area contributed by atoms with E-state index in [1.165, 1.54) is 5.69 Å². The van der Waals surface area contributed by atoms with Crippen molar-refractivity contribution < 1.29 is 9.47 Å². The van der Waals surface area contributed by atoms with E-state index in [1.54, 1.807) is 0 Å². The SMILES string of the molecule is CCCn1cccc1CNc1cc2c(cc1Br)OCCO2. The van der Waals surface area contributed by atoms with Gasteiger partial charge in [-0.15, -0.1) is 0 Å². The lowest BCUT2D eigenvalue weighted by Gasteiger charge is -2.20. The lowest BCUT2D eigenvalue weighted by atomic mass is 10.2. The summed E-state index contributed by atoms with van der Waals surface area (Å²) in [5.74, 6) is 1.60. The Bertz CT molecular complexity index is 625. The van der Waals surface area contributed by atoms with E-state index in [0.29, 0.717) is 13.2 Å². The third-order valence-electron chi connectivity index (χ3n) is 3.48. The van der Waals surface area contributed by atoms with Crippen LogP contribution in [-0.4, -0.2) is 17.8 Å². The van der Waals surface area contributed by atoms with Gasteiger partial charge in [0.1, 0.15) is 13.2 Å². The number of hydrogen-bond donors (Lipinski definition) is 1. The number of anilines is 1. The normalized spacial score (nSPS) is 13.2. The number of aryl methyl sites for hydroxylation is 1. The van der Waals surface area contributed by atoms with Gasteiger partial charge >= 0.3 is 0 Å². The van der Waals surface area contributed by atoms with Crippen molar-refractivity contribution in [2.24, 2.45) is 0 Å². The highest BCUT2D eigenvalue weighted by Crippen LogP contribution is 2.38. The maximum absolute atomic E-state index is 5.63. The zero-order valence-electron chi connectivity index (χ0n) is 12.1. The Labute approximate surface area is 133 Å². The van der Waals surface area contributed by atoms with Gasteiger partial charge in [0.2, 0.25) is 0 Å². The number of nitrogens with one attached hydrogen (secondary N) is 1. The average Bonchev–Trinajstić information content (AvgIpc) is 2.93. The zero-order valence-corrected chi connectivity index (χ0v) is 13.6. The predicted molar refractivity (Wildman–Crippen MR) is 87.2 cm³/mol. The number of halogens is 1. The third kappa shape index (κ3) is 3.18. The number of aromatic nitrogens is 1. The number of rotatable bonds is 5. The first-order valence-corrected chi connectivity index (χ1v) is 8.04. The molecule has 0 unspecified atom stereocenters. The molecule has 2 heterocycles. The van der Waals surface area contributed by atoms with E-state index in [0.717, 1.165) is 41.2 Å². The molecule has 1 aromatic heterocycles. The molecule has 1 aromatic carbocycles. The average molecular weight is 351 g/mol. The second-order valence-corrected chi connectivity index (χ2v) is 5.88. The molecule has 0 saturated carbocycles. The van der Waals surface area contributed by atoms with Gasteiger partial charge in [0.05, 0.1) is 12.2 Å². The van der Waals surface area contributed by atoms with Gasteiger partial charge in [-0.3, -0.25) is 0 Å². The molecule has 1 N–H and O–H groups in total. The lowest BCUT2D eigenvalue weighted by molar-refractivity contribution is 0.171. The molecule has 1 aliphatic heterocycles. The van der Waals surface area contributed by atoms with Gasteiger partial charge in [-0.25, -0.2) is 0 Å². The highest BCUT2D eigenvalue weighted by Gasteiger charge is 2.14. The van der Waals surface area contributed by atoms with E-state index in [2.05, 4.69) is 51.1 Å². The van der Waals surface area contributed by atoms with E-state index < -0.39 is 0 Å². The van der Waals surface area contributed by atoms with Crippen LogP contribution in [0, 0.1) is 0 Å². The molecule has 2 aromatic rings. The Balaban J connectivity index is 1.74. The van der Waals surface area contributed by atoms with E-state index in [9.17, 15) is 0 Å². The molecule has 112 valence electrons. The minimum Gasteiger partial charge on any atom is -0.486 e.